The Kier molecular flexibility index (Phi) is 5.49. The number of aromatic nitrogens is 2. The molecule has 0 radical (unpaired) electrons. The van der Waals surface area contributed by atoms with E-state index in [1.165, 1.54) is 31.4 Å². The summed E-state index contributed by atoms with van der Waals surface area (Å²) in [6, 6.07) is 10.1. The third kappa shape index (κ3) is 3.47. The number of sulfonamides is 2. The average molecular weight is 524 g/mol. The summed E-state index contributed by atoms with van der Waals surface area (Å²) in [5.41, 5.74) is 0.396. The number of nitrogens with one attached hydrogen (secondary N) is 1. The number of thiophene rings is 2. The van der Waals surface area contributed by atoms with Crippen LogP contribution in [0.15, 0.2) is 50.9 Å². The Morgan fingerprint density at radius 3 is 1.97 bits per heavy atom. The second-order valence-electron chi connectivity index (χ2n) is 5.75. The standard InChI is InChI=1S/C16H11Cl2N3O5S4/c1-26-10-4-2-3-9-15(10)16(20-19-9)21(29(22,23)13-7-5-11(17)27-13)30(24,25)14-8-6-12(18)28-14/h2-8H,1H3,(H,19,20). The molecule has 3 aromatic heterocycles. The Bertz CT molecular complexity index is 1390. The molecule has 0 unspecified atom stereocenters. The van der Waals surface area contributed by atoms with Crippen LogP contribution in [0.25, 0.3) is 10.9 Å². The predicted molar refractivity (Wildman–Crippen MR) is 118 cm³/mol. The van der Waals surface area contributed by atoms with E-state index in [0.29, 0.717) is 5.52 Å². The normalized spacial score (nSPS) is 12.4. The Morgan fingerprint density at radius 2 is 1.50 bits per heavy atom. The van der Waals surface area contributed by atoms with Gasteiger partial charge in [0.15, 0.2) is 5.82 Å². The van der Waals surface area contributed by atoms with Crippen molar-refractivity contribution in [3.8, 4) is 5.75 Å². The Balaban J connectivity index is 2.06. The molecule has 0 atom stereocenters. The van der Waals surface area contributed by atoms with Gasteiger partial charge in [0.25, 0.3) is 20.0 Å². The van der Waals surface area contributed by atoms with Crippen LogP contribution in [0.4, 0.5) is 5.82 Å². The highest BCUT2D eigenvalue weighted by molar-refractivity contribution is 8.11. The summed E-state index contributed by atoms with van der Waals surface area (Å²) in [5, 5.41) is 6.85. The first-order chi connectivity index (χ1) is 14.2. The van der Waals surface area contributed by atoms with Crippen molar-refractivity contribution in [3.63, 3.8) is 0 Å². The number of methoxy groups -OCH3 is 1. The van der Waals surface area contributed by atoms with Gasteiger partial charge in [-0.2, -0.15) is 21.9 Å². The SMILES string of the molecule is COc1cccc2[nH]nc(N(S(=O)(=O)c3ccc(Cl)s3)S(=O)(=O)c3ccc(Cl)s3)c12. The summed E-state index contributed by atoms with van der Waals surface area (Å²) in [4.78, 5) is 0. The van der Waals surface area contributed by atoms with Crippen molar-refractivity contribution in [2.24, 2.45) is 0 Å². The number of halogens is 2. The summed E-state index contributed by atoms with van der Waals surface area (Å²) in [6.45, 7) is 0. The summed E-state index contributed by atoms with van der Waals surface area (Å²) >= 11 is 13.3. The van der Waals surface area contributed by atoms with Crippen LogP contribution in [-0.2, 0) is 20.0 Å². The lowest BCUT2D eigenvalue weighted by atomic mass is 10.2. The second-order valence-corrected chi connectivity index (χ2v) is 13.4. The molecule has 14 heteroatoms. The van der Waals surface area contributed by atoms with Gasteiger partial charge in [-0.25, -0.2) is 0 Å². The van der Waals surface area contributed by atoms with E-state index < -0.39 is 20.0 Å². The van der Waals surface area contributed by atoms with Crippen LogP contribution in [0.2, 0.25) is 8.67 Å². The number of nitrogens with zero attached hydrogens (tertiary/aromatic N) is 2. The molecule has 3 heterocycles. The average Bonchev–Trinajstić information content (AvgIpc) is 3.42. The van der Waals surface area contributed by atoms with Crippen molar-refractivity contribution in [3.05, 3.63) is 51.1 Å². The fraction of sp³-hybridized carbons (Fsp3) is 0.0625. The van der Waals surface area contributed by atoms with E-state index in [9.17, 15) is 16.8 Å². The number of anilines is 1. The van der Waals surface area contributed by atoms with Gasteiger partial charge >= 0.3 is 0 Å². The molecule has 1 N–H and O–H groups in total. The Hall–Kier alpha value is -1.83. The molecule has 4 aromatic rings. The molecule has 0 fully saturated rings. The number of aromatic amines is 1. The minimum atomic E-state index is -4.61. The first-order valence-electron chi connectivity index (χ1n) is 7.98. The van der Waals surface area contributed by atoms with E-state index in [0.717, 1.165) is 22.7 Å². The molecule has 0 bridgehead atoms. The zero-order valence-electron chi connectivity index (χ0n) is 14.9. The molecule has 158 valence electrons. The minimum absolute atomic E-state index is 0.189. The van der Waals surface area contributed by atoms with Gasteiger partial charge in [0.1, 0.15) is 14.2 Å². The summed E-state index contributed by atoms with van der Waals surface area (Å²) in [6.07, 6.45) is 0. The van der Waals surface area contributed by atoms with Crippen molar-refractivity contribution < 1.29 is 21.6 Å². The summed E-state index contributed by atoms with van der Waals surface area (Å²) in [5.74, 6) is -0.100. The lowest BCUT2D eigenvalue weighted by Crippen LogP contribution is -2.36. The molecular weight excluding hydrogens is 513 g/mol. The van der Waals surface area contributed by atoms with Crippen molar-refractivity contribution in [2.45, 2.75) is 8.42 Å². The van der Waals surface area contributed by atoms with E-state index in [1.54, 1.807) is 18.2 Å². The molecule has 8 nitrogen and oxygen atoms in total. The van der Waals surface area contributed by atoms with E-state index in [4.69, 9.17) is 27.9 Å². The molecule has 30 heavy (non-hydrogen) atoms. The van der Waals surface area contributed by atoms with Gasteiger partial charge in [-0.1, -0.05) is 29.3 Å². The van der Waals surface area contributed by atoms with Crippen LogP contribution in [0.5, 0.6) is 5.75 Å². The first-order valence-corrected chi connectivity index (χ1v) is 13.3. The number of ether oxygens (including phenoxy) is 1. The van der Waals surface area contributed by atoms with Crippen LogP contribution >= 0.6 is 45.9 Å². The molecule has 0 aliphatic rings. The third-order valence-electron chi connectivity index (χ3n) is 3.97. The van der Waals surface area contributed by atoms with Crippen molar-refractivity contribution in [2.75, 3.05) is 10.8 Å². The quantitative estimate of drug-likeness (QED) is 0.395. The van der Waals surface area contributed by atoms with E-state index in [2.05, 4.69) is 10.2 Å². The fourth-order valence-corrected chi connectivity index (χ4v) is 9.70. The maximum absolute atomic E-state index is 13.5. The molecule has 0 saturated heterocycles. The second kappa shape index (κ2) is 7.70. The number of fused-ring (bicyclic) bond motifs is 1. The molecule has 4 rings (SSSR count). The molecule has 0 spiro atoms. The molecule has 0 saturated carbocycles. The summed E-state index contributed by atoms with van der Waals surface area (Å²) in [7, 11) is -7.84. The van der Waals surface area contributed by atoms with Gasteiger partial charge in [0.05, 0.1) is 26.7 Å². The van der Waals surface area contributed by atoms with E-state index in [-0.39, 0.29) is 37.8 Å². The number of rotatable bonds is 6. The topological polar surface area (TPSA) is 109 Å². The first kappa shape index (κ1) is 21.4. The van der Waals surface area contributed by atoms with Crippen LogP contribution in [-0.4, -0.2) is 34.1 Å². The zero-order valence-corrected chi connectivity index (χ0v) is 19.6. The van der Waals surface area contributed by atoms with Gasteiger partial charge in [0.2, 0.25) is 0 Å². The number of hydrogen-bond acceptors (Lipinski definition) is 8. The minimum Gasteiger partial charge on any atom is -0.496 e. The number of H-pyrrole nitrogens is 1. The number of hydrogen-bond donors (Lipinski definition) is 1. The third-order valence-corrected chi connectivity index (χ3v) is 11.5. The van der Waals surface area contributed by atoms with Gasteiger partial charge < -0.3 is 4.74 Å². The van der Waals surface area contributed by atoms with Crippen molar-refractivity contribution >= 4 is 82.6 Å². The Labute approximate surface area is 189 Å². The molecular formula is C16H11Cl2N3O5S4. The molecule has 0 aliphatic carbocycles. The molecule has 1 aromatic carbocycles. The van der Waals surface area contributed by atoms with E-state index >= 15 is 0 Å². The van der Waals surface area contributed by atoms with Gasteiger partial charge in [-0.3, -0.25) is 5.10 Å². The van der Waals surface area contributed by atoms with Crippen LogP contribution in [0, 0.1) is 0 Å². The van der Waals surface area contributed by atoms with Crippen LogP contribution in [0.3, 0.4) is 0 Å². The van der Waals surface area contributed by atoms with E-state index in [1.807, 2.05) is 0 Å². The smallest absolute Gasteiger partial charge is 0.288 e. The van der Waals surface area contributed by atoms with Crippen molar-refractivity contribution in [1.82, 2.24) is 10.2 Å². The lowest BCUT2D eigenvalue weighted by molar-refractivity contribution is 0.420. The zero-order chi connectivity index (χ0) is 21.7. The molecule has 0 aliphatic heterocycles. The van der Waals surface area contributed by atoms with Crippen LogP contribution < -0.4 is 8.45 Å². The predicted octanol–water partition coefficient (Wildman–Crippen LogP) is 4.59. The number of benzene rings is 1. The Morgan fingerprint density at radius 1 is 0.933 bits per heavy atom. The molecule has 0 amide bonds. The monoisotopic (exact) mass is 523 g/mol. The van der Waals surface area contributed by atoms with Gasteiger partial charge in [-0.15, -0.1) is 26.4 Å². The van der Waals surface area contributed by atoms with Crippen LogP contribution in [0.1, 0.15) is 0 Å². The van der Waals surface area contributed by atoms with Gasteiger partial charge in [0, 0.05) is 0 Å². The fourth-order valence-electron chi connectivity index (χ4n) is 2.72. The largest absolute Gasteiger partial charge is 0.496 e. The highest BCUT2D eigenvalue weighted by Gasteiger charge is 2.41. The lowest BCUT2D eigenvalue weighted by Gasteiger charge is -2.21. The highest BCUT2D eigenvalue weighted by Crippen LogP contribution is 2.41. The van der Waals surface area contributed by atoms with Gasteiger partial charge in [-0.05, 0) is 36.4 Å². The maximum Gasteiger partial charge on any atom is 0.288 e. The maximum atomic E-state index is 13.5. The summed E-state index contributed by atoms with van der Waals surface area (Å²) < 4.78 is 59.4. The van der Waals surface area contributed by atoms with Crippen molar-refractivity contribution in [1.29, 1.82) is 0 Å². The highest BCUT2D eigenvalue weighted by atomic mass is 35.5.